The minimum absolute atomic E-state index is 0.0882. The van der Waals surface area contributed by atoms with E-state index < -0.39 is 23.9 Å². The molecule has 0 fully saturated rings. The van der Waals surface area contributed by atoms with Crippen molar-refractivity contribution in [1.29, 1.82) is 0 Å². The molecular formula is C13H18F3NO. The van der Waals surface area contributed by atoms with E-state index in [0.29, 0.717) is 6.42 Å². The second-order valence-electron chi connectivity index (χ2n) is 4.17. The molecule has 1 aromatic rings. The highest BCUT2D eigenvalue weighted by atomic mass is 19.4. The molecule has 18 heavy (non-hydrogen) atoms. The van der Waals surface area contributed by atoms with Crippen LogP contribution in [0.15, 0.2) is 24.3 Å². The Bertz CT molecular complexity index is 379. The van der Waals surface area contributed by atoms with Crippen LogP contribution in [0.25, 0.3) is 0 Å². The smallest absolute Gasteiger partial charge is 0.379 e. The van der Waals surface area contributed by atoms with Crippen LogP contribution < -0.4 is 5.73 Å². The van der Waals surface area contributed by atoms with Crippen LogP contribution >= 0.6 is 0 Å². The molecule has 0 radical (unpaired) electrons. The van der Waals surface area contributed by atoms with Gasteiger partial charge in [-0.15, -0.1) is 0 Å². The van der Waals surface area contributed by atoms with Crippen molar-refractivity contribution < 1.29 is 17.9 Å². The Kier molecular flexibility index (Phi) is 5.16. The highest BCUT2D eigenvalue weighted by molar-refractivity contribution is 5.32. The Morgan fingerprint density at radius 2 is 1.89 bits per heavy atom. The maximum Gasteiger partial charge on any atom is 0.416 e. The van der Waals surface area contributed by atoms with Crippen molar-refractivity contribution in [2.75, 3.05) is 7.11 Å². The molecule has 102 valence electrons. The third-order valence-electron chi connectivity index (χ3n) is 2.90. The van der Waals surface area contributed by atoms with E-state index in [1.165, 1.54) is 19.2 Å². The topological polar surface area (TPSA) is 35.2 Å². The third kappa shape index (κ3) is 3.46. The van der Waals surface area contributed by atoms with Crippen molar-refractivity contribution in [2.45, 2.75) is 38.1 Å². The molecule has 0 amide bonds. The number of hydrogen-bond acceptors (Lipinski definition) is 2. The minimum atomic E-state index is -4.39. The van der Waals surface area contributed by atoms with Crippen molar-refractivity contribution in [3.8, 4) is 0 Å². The zero-order valence-corrected chi connectivity index (χ0v) is 10.5. The van der Waals surface area contributed by atoms with Gasteiger partial charge in [-0.25, -0.2) is 0 Å². The quantitative estimate of drug-likeness (QED) is 0.880. The minimum Gasteiger partial charge on any atom is -0.379 e. The Hall–Kier alpha value is -1.07. The summed E-state index contributed by atoms with van der Waals surface area (Å²) < 4.78 is 43.8. The second-order valence-corrected chi connectivity index (χ2v) is 4.17. The van der Waals surface area contributed by atoms with Crippen LogP contribution in [0.2, 0.25) is 0 Å². The molecule has 5 heteroatoms. The standard InChI is InChI=1S/C13H18F3NO/c1-3-6-11(18-2)12(17)9-7-4-5-8-10(9)13(14,15)16/h4-5,7-8,11-12H,3,6,17H2,1-2H3. The summed E-state index contributed by atoms with van der Waals surface area (Å²) >= 11 is 0. The van der Waals surface area contributed by atoms with E-state index >= 15 is 0 Å². The summed E-state index contributed by atoms with van der Waals surface area (Å²) in [5, 5.41) is 0. The molecule has 0 aliphatic carbocycles. The van der Waals surface area contributed by atoms with E-state index in [9.17, 15) is 13.2 Å². The molecule has 0 heterocycles. The number of ether oxygens (including phenoxy) is 1. The Morgan fingerprint density at radius 3 is 2.39 bits per heavy atom. The number of alkyl halides is 3. The summed E-state index contributed by atoms with van der Waals surface area (Å²) in [5.41, 5.74) is 5.31. The highest BCUT2D eigenvalue weighted by Gasteiger charge is 2.35. The first kappa shape index (κ1) is 15.0. The molecule has 0 spiro atoms. The van der Waals surface area contributed by atoms with Gasteiger partial charge < -0.3 is 10.5 Å². The lowest BCUT2D eigenvalue weighted by Crippen LogP contribution is -2.30. The normalized spacial score (nSPS) is 15.4. The van der Waals surface area contributed by atoms with E-state index in [1.54, 1.807) is 6.07 Å². The van der Waals surface area contributed by atoms with Crippen LogP contribution in [-0.4, -0.2) is 13.2 Å². The summed E-state index contributed by atoms with van der Waals surface area (Å²) in [6.45, 7) is 1.94. The Labute approximate surface area is 105 Å². The molecule has 2 N–H and O–H groups in total. The fraction of sp³-hybridized carbons (Fsp3) is 0.538. The average Bonchev–Trinajstić information content (AvgIpc) is 2.34. The zero-order chi connectivity index (χ0) is 13.8. The van der Waals surface area contributed by atoms with E-state index in [4.69, 9.17) is 10.5 Å². The number of nitrogens with two attached hydrogens (primary N) is 1. The van der Waals surface area contributed by atoms with Gasteiger partial charge in [0.1, 0.15) is 0 Å². The van der Waals surface area contributed by atoms with Crippen molar-refractivity contribution in [3.05, 3.63) is 35.4 Å². The molecule has 0 aromatic heterocycles. The van der Waals surface area contributed by atoms with Gasteiger partial charge in [0.2, 0.25) is 0 Å². The number of halogens is 3. The predicted molar refractivity (Wildman–Crippen MR) is 64.1 cm³/mol. The Morgan fingerprint density at radius 1 is 1.28 bits per heavy atom. The molecule has 2 nitrogen and oxygen atoms in total. The fourth-order valence-electron chi connectivity index (χ4n) is 1.97. The van der Waals surface area contributed by atoms with Crippen molar-refractivity contribution >= 4 is 0 Å². The number of rotatable bonds is 5. The summed E-state index contributed by atoms with van der Waals surface area (Å²) in [6.07, 6.45) is -3.36. The van der Waals surface area contributed by atoms with Gasteiger partial charge >= 0.3 is 6.18 Å². The average molecular weight is 261 g/mol. The van der Waals surface area contributed by atoms with Gasteiger partial charge in [0.15, 0.2) is 0 Å². The Balaban J connectivity index is 3.08. The SMILES string of the molecule is CCCC(OC)C(N)c1ccccc1C(F)(F)F. The molecule has 2 unspecified atom stereocenters. The van der Waals surface area contributed by atoms with E-state index in [1.807, 2.05) is 6.92 Å². The van der Waals surface area contributed by atoms with E-state index in [0.717, 1.165) is 12.5 Å². The maximum atomic E-state index is 12.9. The molecule has 0 saturated carbocycles. The molecule has 0 bridgehead atoms. The number of hydrogen-bond donors (Lipinski definition) is 1. The van der Waals surface area contributed by atoms with Crippen LogP contribution in [0, 0.1) is 0 Å². The lowest BCUT2D eigenvalue weighted by molar-refractivity contribution is -0.138. The molecule has 0 aliphatic rings. The first-order chi connectivity index (χ1) is 8.41. The van der Waals surface area contributed by atoms with E-state index in [-0.39, 0.29) is 5.56 Å². The predicted octanol–water partition coefficient (Wildman–Crippen LogP) is 3.52. The summed E-state index contributed by atoms with van der Waals surface area (Å²) in [4.78, 5) is 0. The van der Waals surface area contributed by atoms with Crippen molar-refractivity contribution in [2.24, 2.45) is 5.73 Å². The molecule has 1 aromatic carbocycles. The summed E-state index contributed by atoms with van der Waals surface area (Å²) in [6, 6.07) is 4.61. The summed E-state index contributed by atoms with van der Waals surface area (Å²) in [5.74, 6) is 0. The van der Waals surface area contributed by atoms with Crippen molar-refractivity contribution in [1.82, 2.24) is 0 Å². The van der Waals surface area contributed by atoms with Crippen LogP contribution in [0.3, 0.4) is 0 Å². The van der Waals surface area contributed by atoms with Crippen LogP contribution in [0.4, 0.5) is 13.2 Å². The van der Waals surface area contributed by atoms with Gasteiger partial charge in [-0.05, 0) is 18.1 Å². The zero-order valence-electron chi connectivity index (χ0n) is 10.5. The first-order valence-corrected chi connectivity index (χ1v) is 5.86. The van der Waals surface area contributed by atoms with Crippen LogP contribution in [0.1, 0.15) is 36.9 Å². The molecular weight excluding hydrogens is 243 g/mol. The fourth-order valence-corrected chi connectivity index (χ4v) is 1.97. The number of benzene rings is 1. The lowest BCUT2D eigenvalue weighted by Gasteiger charge is -2.25. The summed E-state index contributed by atoms with van der Waals surface area (Å²) in [7, 11) is 1.47. The maximum absolute atomic E-state index is 12.9. The van der Waals surface area contributed by atoms with Crippen LogP contribution in [0.5, 0.6) is 0 Å². The first-order valence-electron chi connectivity index (χ1n) is 5.86. The lowest BCUT2D eigenvalue weighted by atomic mass is 9.94. The number of methoxy groups -OCH3 is 1. The van der Waals surface area contributed by atoms with Crippen LogP contribution in [-0.2, 0) is 10.9 Å². The largest absolute Gasteiger partial charge is 0.416 e. The highest BCUT2D eigenvalue weighted by Crippen LogP contribution is 2.35. The molecule has 0 aliphatic heterocycles. The van der Waals surface area contributed by atoms with Gasteiger partial charge in [0, 0.05) is 7.11 Å². The van der Waals surface area contributed by atoms with E-state index in [2.05, 4.69) is 0 Å². The molecule has 0 saturated heterocycles. The van der Waals surface area contributed by atoms with Gasteiger partial charge in [0.05, 0.1) is 17.7 Å². The monoisotopic (exact) mass is 261 g/mol. The van der Waals surface area contributed by atoms with Gasteiger partial charge in [-0.3, -0.25) is 0 Å². The molecule has 1 rings (SSSR count). The third-order valence-corrected chi connectivity index (χ3v) is 2.90. The van der Waals surface area contributed by atoms with Gasteiger partial charge in [-0.2, -0.15) is 13.2 Å². The van der Waals surface area contributed by atoms with Gasteiger partial charge in [0.25, 0.3) is 0 Å². The molecule has 2 atom stereocenters. The van der Waals surface area contributed by atoms with Crippen molar-refractivity contribution in [3.63, 3.8) is 0 Å². The van der Waals surface area contributed by atoms with Gasteiger partial charge in [-0.1, -0.05) is 31.5 Å². The second kappa shape index (κ2) is 6.20.